The summed E-state index contributed by atoms with van der Waals surface area (Å²) in [5.41, 5.74) is 8.00. The number of morpholine rings is 1. The van der Waals surface area contributed by atoms with E-state index in [0.29, 0.717) is 32.4 Å². The molecule has 0 bridgehead atoms. The van der Waals surface area contributed by atoms with Crippen molar-refractivity contribution in [3.8, 4) is 0 Å². The Morgan fingerprint density at radius 1 is 1.31 bits per heavy atom. The fraction of sp³-hybridized carbons (Fsp3) is 0.444. The van der Waals surface area contributed by atoms with Crippen molar-refractivity contribution < 1.29 is 13.5 Å². The van der Waals surface area contributed by atoms with E-state index in [2.05, 4.69) is 10.4 Å². The molecule has 0 radical (unpaired) electrons. The molecule has 0 aliphatic carbocycles. The Bertz CT molecular complexity index is 382. The molecule has 0 aromatic carbocycles. The van der Waals surface area contributed by atoms with E-state index >= 15 is 0 Å². The van der Waals surface area contributed by atoms with Crippen LogP contribution in [0.4, 0.5) is 20.4 Å². The monoisotopic (exact) mass is 230 g/mol. The molecular formula is C9H12F2N4O. The molecule has 1 aromatic rings. The lowest BCUT2D eigenvalue weighted by Gasteiger charge is -2.27. The van der Waals surface area contributed by atoms with E-state index < -0.39 is 11.6 Å². The highest BCUT2D eigenvalue weighted by atomic mass is 19.1. The first-order valence-electron chi connectivity index (χ1n) is 4.87. The van der Waals surface area contributed by atoms with Crippen molar-refractivity contribution >= 4 is 11.6 Å². The molecule has 1 aliphatic rings. The van der Waals surface area contributed by atoms with Crippen LogP contribution in [-0.2, 0) is 4.74 Å². The highest BCUT2D eigenvalue weighted by Crippen LogP contribution is 2.17. The van der Waals surface area contributed by atoms with Gasteiger partial charge in [0.15, 0.2) is 23.3 Å². The summed E-state index contributed by atoms with van der Waals surface area (Å²) in [5.74, 6) is -2.01. The molecule has 0 unspecified atom stereocenters. The maximum Gasteiger partial charge on any atom is 0.179 e. The first-order chi connectivity index (χ1) is 7.66. The van der Waals surface area contributed by atoms with Crippen LogP contribution in [-0.4, -0.2) is 36.3 Å². The SMILES string of the molecule is Nc1nc(NN2CCOCC2)c(F)cc1F. The number of nitrogens with one attached hydrogen (secondary N) is 1. The number of aromatic nitrogens is 1. The van der Waals surface area contributed by atoms with Crippen LogP contribution in [0.25, 0.3) is 0 Å². The molecule has 1 aliphatic heterocycles. The lowest BCUT2D eigenvalue weighted by Crippen LogP contribution is -2.40. The van der Waals surface area contributed by atoms with Crippen molar-refractivity contribution in [2.24, 2.45) is 0 Å². The lowest BCUT2D eigenvalue weighted by atomic mass is 10.4. The molecular weight excluding hydrogens is 218 g/mol. The summed E-state index contributed by atoms with van der Waals surface area (Å²) in [6, 6.07) is 0.713. The molecule has 1 aromatic heterocycles. The number of nitrogens with two attached hydrogens (primary N) is 1. The van der Waals surface area contributed by atoms with Crippen molar-refractivity contribution in [3.63, 3.8) is 0 Å². The molecule has 16 heavy (non-hydrogen) atoms. The van der Waals surface area contributed by atoms with Crippen molar-refractivity contribution in [2.75, 3.05) is 37.5 Å². The number of hydrogen-bond donors (Lipinski definition) is 2. The average molecular weight is 230 g/mol. The van der Waals surface area contributed by atoms with Crippen LogP contribution in [0.2, 0.25) is 0 Å². The van der Waals surface area contributed by atoms with Crippen molar-refractivity contribution in [1.82, 2.24) is 9.99 Å². The van der Waals surface area contributed by atoms with Gasteiger partial charge in [-0.25, -0.2) is 18.8 Å². The van der Waals surface area contributed by atoms with E-state index in [1.54, 1.807) is 5.01 Å². The number of rotatable bonds is 2. The van der Waals surface area contributed by atoms with Gasteiger partial charge in [-0.1, -0.05) is 0 Å². The van der Waals surface area contributed by atoms with Crippen molar-refractivity contribution in [1.29, 1.82) is 0 Å². The van der Waals surface area contributed by atoms with Gasteiger partial charge in [-0.15, -0.1) is 0 Å². The predicted molar refractivity (Wildman–Crippen MR) is 54.6 cm³/mol. The normalized spacial score (nSPS) is 17.4. The highest BCUT2D eigenvalue weighted by Gasteiger charge is 2.15. The Balaban J connectivity index is 2.11. The molecule has 5 nitrogen and oxygen atoms in total. The summed E-state index contributed by atoms with van der Waals surface area (Å²) in [7, 11) is 0. The third-order valence-electron chi connectivity index (χ3n) is 2.23. The molecule has 2 heterocycles. The molecule has 0 atom stereocenters. The second-order valence-corrected chi connectivity index (χ2v) is 3.40. The second kappa shape index (κ2) is 4.58. The summed E-state index contributed by atoms with van der Waals surface area (Å²) >= 11 is 0. The van der Waals surface area contributed by atoms with Crippen LogP contribution in [0.15, 0.2) is 6.07 Å². The van der Waals surface area contributed by atoms with Crippen LogP contribution in [0, 0.1) is 11.6 Å². The van der Waals surface area contributed by atoms with Gasteiger partial charge >= 0.3 is 0 Å². The molecule has 0 amide bonds. The number of halogens is 2. The summed E-state index contributed by atoms with van der Waals surface area (Å²) in [5, 5.41) is 1.74. The van der Waals surface area contributed by atoms with Gasteiger partial charge in [0.05, 0.1) is 13.2 Å². The average Bonchev–Trinajstić information content (AvgIpc) is 2.27. The fourth-order valence-electron chi connectivity index (χ4n) is 1.38. The van der Waals surface area contributed by atoms with Crippen LogP contribution >= 0.6 is 0 Å². The van der Waals surface area contributed by atoms with E-state index in [1.807, 2.05) is 0 Å². The largest absolute Gasteiger partial charge is 0.381 e. The van der Waals surface area contributed by atoms with E-state index in [4.69, 9.17) is 10.5 Å². The summed E-state index contributed by atoms with van der Waals surface area (Å²) in [4.78, 5) is 3.60. The third-order valence-corrected chi connectivity index (χ3v) is 2.23. The Kier molecular flexibility index (Phi) is 3.16. The maximum atomic E-state index is 13.3. The highest BCUT2D eigenvalue weighted by molar-refractivity contribution is 5.44. The Hall–Kier alpha value is -1.47. The van der Waals surface area contributed by atoms with E-state index in [9.17, 15) is 8.78 Å². The molecule has 7 heteroatoms. The van der Waals surface area contributed by atoms with Crippen LogP contribution < -0.4 is 11.2 Å². The topological polar surface area (TPSA) is 63.4 Å². The van der Waals surface area contributed by atoms with Crippen LogP contribution in [0.1, 0.15) is 0 Å². The predicted octanol–water partition coefficient (Wildman–Crippen LogP) is 0.601. The Labute approximate surface area is 91.2 Å². The maximum absolute atomic E-state index is 13.3. The summed E-state index contributed by atoms with van der Waals surface area (Å²) in [6.45, 7) is 2.34. The van der Waals surface area contributed by atoms with Crippen LogP contribution in [0.5, 0.6) is 0 Å². The summed E-state index contributed by atoms with van der Waals surface area (Å²) in [6.07, 6.45) is 0. The van der Waals surface area contributed by atoms with Crippen molar-refractivity contribution in [2.45, 2.75) is 0 Å². The zero-order valence-corrected chi connectivity index (χ0v) is 8.54. The van der Waals surface area contributed by atoms with Crippen LogP contribution in [0.3, 0.4) is 0 Å². The number of nitrogens with zero attached hydrogens (tertiary/aromatic N) is 2. The zero-order valence-electron chi connectivity index (χ0n) is 8.54. The first-order valence-corrected chi connectivity index (χ1v) is 4.87. The van der Waals surface area contributed by atoms with E-state index in [-0.39, 0.29) is 11.6 Å². The molecule has 0 spiro atoms. The number of pyridine rings is 1. The number of hydrazine groups is 1. The molecule has 88 valence electrons. The minimum Gasteiger partial charge on any atom is -0.381 e. The standard InChI is InChI=1S/C9H12F2N4O/c10-6-5-7(11)9(13-8(6)12)14-15-1-3-16-4-2-15/h5H,1-4H2,(H3,12,13,14). The molecule has 1 fully saturated rings. The van der Waals surface area contributed by atoms with Gasteiger partial charge in [0.25, 0.3) is 0 Å². The molecule has 1 saturated heterocycles. The molecule has 2 rings (SSSR count). The molecule has 0 saturated carbocycles. The fourth-order valence-corrected chi connectivity index (χ4v) is 1.38. The van der Waals surface area contributed by atoms with Gasteiger partial charge in [-0.05, 0) is 0 Å². The van der Waals surface area contributed by atoms with Gasteiger partial charge in [-0.3, -0.25) is 0 Å². The smallest absolute Gasteiger partial charge is 0.179 e. The minimum absolute atomic E-state index is 0.0687. The number of anilines is 2. The summed E-state index contributed by atoms with van der Waals surface area (Å²) < 4.78 is 31.3. The minimum atomic E-state index is -0.856. The Morgan fingerprint density at radius 2 is 2.00 bits per heavy atom. The van der Waals surface area contributed by atoms with Gasteiger partial charge in [0.1, 0.15) is 0 Å². The lowest BCUT2D eigenvalue weighted by molar-refractivity contribution is 0.0493. The quantitative estimate of drug-likeness (QED) is 0.779. The van der Waals surface area contributed by atoms with Gasteiger partial charge in [0, 0.05) is 19.2 Å². The Morgan fingerprint density at radius 3 is 2.69 bits per heavy atom. The first kappa shape index (κ1) is 11.0. The van der Waals surface area contributed by atoms with Gasteiger partial charge in [-0.2, -0.15) is 0 Å². The van der Waals surface area contributed by atoms with E-state index in [0.717, 1.165) is 0 Å². The van der Waals surface area contributed by atoms with E-state index in [1.165, 1.54) is 0 Å². The van der Waals surface area contributed by atoms with Gasteiger partial charge in [0.2, 0.25) is 0 Å². The number of nitrogen functional groups attached to an aromatic ring is 1. The number of ether oxygens (including phenoxy) is 1. The molecule has 3 N–H and O–H groups in total. The number of hydrogen-bond acceptors (Lipinski definition) is 5. The van der Waals surface area contributed by atoms with Gasteiger partial charge < -0.3 is 15.9 Å². The van der Waals surface area contributed by atoms with Crippen molar-refractivity contribution in [3.05, 3.63) is 17.7 Å². The zero-order chi connectivity index (χ0) is 11.5. The second-order valence-electron chi connectivity index (χ2n) is 3.40. The third kappa shape index (κ3) is 2.37.